The molecule has 1 aromatic heterocycles. The summed E-state index contributed by atoms with van der Waals surface area (Å²) in [5.74, 6) is -4.32. The first-order valence-corrected chi connectivity index (χ1v) is 18.7. The van der Waals surface area contributed by atoms with E-state index < -0.39 is 34.9 Å². The standard InChI is InChI=1S/C45H38N4O6/c1-3-5-20-48(21-6-4-2)43(53)29-16-18-30-36(23-29)46-41(47-42(30)52)38-39(50)32-24-34-35(25-33(32)40(38)51)45(55)49(44(34)54)37-19-17-28(26-12-8-7-9-13-26)22-31(37)27-14-10-11-15-27/h7-14,16-19,22-25,38H,3-6,15,20-21H2,1-2H3,(H,46,47,52). The second-order valence-corrected chi connectivity index (χ2v) is 14.2. The van der Waals surface area contributed by atoms with Crippen molar-refractivity contribution in [2.45, 2.75) is 51.9 Å². The normalized spacial score (nSPS) is 14.9. The van der Waals surface area contributed by atoms with Gasteiger partial charge in [0.2, 0.25) is 0 Å². The molecular formula is C45H38N4O6. The van der Waals surface area contributed by atoms with Gasteiger partial charge in [-0.05, 0) is 78.4 Å². The third kappa shape index (κ3) is 6.13. The molecule has 10 heteroatoms. The summed E-state index contributed by atoms with van der Waals surface area (Å²) >= 11 is 0. The number of aromatic amines is 1. The Hall–Kier alpha value is -6.55. The average molecular weight is 731 g/mol. The van der Waals surface area contributed by atoms with Crippen molar-refractivity contribution in [1.29, 1.82) is 0 Å². The quantitative estimate of drug-likeness (QED) is 0.108. The highest BCUT2D eigenvalue weighted by atomic mass is 16.2. The van der Waals surface area contributed by atoms with Gasteiger partial charge in [-0.2, -0.15) is 0 Å². The number of hydrogen-bond donors (Lipinski definition) is 1. The fourth-order valence-corrected chi connectivity index (χ4v) is 7.66. The third-order valence-corrected chi connectivity index (χ3v) is 10.6. The number of carbonyl (C=O) groups excluding carboxylic acids is 5. The zero-order valence-electron chi connectivity index (χ0n) is 30.6. The molecule has 0 spiro atoms. The SMILES string of the molecule is CCCCN(CCCC)C(=O)c1ccc2c(=O)[nH]c(C3C(=O)c4cc5c(cc4C3=O)C(=O)N(c3ccc(-c4ccccc4)cc3C3=CC=CC3)C5=O)nc2c1. The number of fused-ring (bicyclic) bond motifs is 3. The minimum absolute atomic E-state index is 0.0148. The minimum Gasteiger partial charge on any atom is -0.339 e. The number of Topliss-reactive ketones (excluding diaryl/α,β-unsaturated/α-hetero) is 2. The van der Waals surface area contributed by atoms with Crippen molar-refractivity contribution in [3.05, 3.63) is 147 Å². The first-order chi connectivity index (χ1) is 26.7. The van der Waals surface area contributed by atoms with E-state index >= 15 is 0 Å². The number of ketones is 2. The number of imide groups is 1. The Morgan fingerprint density at radius 2 is 1.44 bits per heavy atom. The second-order valence-electron chi connectivity index (χ2n) is 14.2. The molecule has 8 rings (SSSR count). The van der Waals surface area contributed by atoms with E-state index in [1.165, 1.54) is 24.3 Å². The Morgan fingerprint density at radius 3 is 2.05 bits per heavy atom. The molecular weight excluding hydrogens is 693 g/mol. The Balaban J connectivity index is 1.12. The van der Waals surface area contributed by atoms with Gasteiger partial charge in [-0.3, -0.25) is 28.8 Å². The highest BCUT2D eigenvalue weighted by Crippen LogP contribution is 2.41. The number of anilines is 1. The van der Waals surface area contributed by atoms with Gasteiger partial charge in [0.15, 0.2) is 11.6 Å². The first kappa shape index (κ1) is 35.5. The molecule has 0 fully saturated rings. The van der Waals surface area contributed by atoms with E-state index in [1.54, 1.807) is 17.0 Å². The van der Waals surface area contributed by atoms with Gasteiger partial charge >= 0.3 is 0 Å². The Kier molecular flexibility index (Phi) is 9.26. The summed E-state index contributed by atoms with van der Waals surface area (Å²) in [6.45, 7) is 5.34. The van der Waals surface area contributed by atoms with Gasteiger partial charge in [-0.25, -0.2) is 9.88 Å². The van der Waals surface area contributed by atoms with Gasteiger partial charge in [-0.15, -0.1) is 0 Å². The number of allylic oxidation sites excluding steroid dienone is 4. The van der Waals surface area contributed by atoms with Gasteiger partial charge in [0.25, 0.3) is 23.3 Å². The van der Waals surface area contributed by atoms with E-state index in [0.29, 0.717) is 30.8 Å². The Bertz CT molecular complexity index is 2520. The van der Waals surface area contributed by atoms with Crippen LogP contribution in [0.4, 0.5) is 5.69 Å². The van der Waals surface area contributed by atoms with E-state index in [-0.39, 0.29) is 44.9 Å². The number of hydrogen-bond acceptors (Lipinski definition) is 7. The van der Waals surface area contributed by atoms with Crippen LogP contribution in [0, 0.1) is 0 Å². The number of H-pyrrole nitrogens is 1. The number of amides is 3. The highest BCUT2D eigenvalue weighted by Gasteiger charge is 2.46. The van der Waals surface area contributed by atoms with Gasteiger partial charge in [0, 0.05) is 35.3 Å². The summed E-state index contributed by atoms with van der Waals surface area (Å²) < 4.78 is 0. The third-order valence-electron chi connectivity index (χ3n) is 10.6. The number of rotatable bonds is 11. The molecule has 0 saturated heterocycles. The van der Waals surface area contributed by atoms with Crippen molar-refractivity contribution in [1.82, 2.24) is 14.9 Å². The predicted octanol–water partition coefficient (Wildman–Crippen LogP) is 7.94. The van der Waals surface area contributed by atoms with Crippen molar-refractivity contribution in [2.75, 3.05) is 18.0 Å². The summed E-state index contributed by atoms with van der Waals surface area (Å²) in [7, 11) is 0. The zero-order chi connectivity index (χ0) is 38.4. The monoisotopic (exact) mass is 730 g/mol. The zero-order valence-corrected chi connectivity index (χ0v) is 30.6. The Morgan fingerprint density at radius 1 is 0.764 bits per heavy atom. The van der Waals surface area contributed by atoms with Crippen molar-refractivity contribution in [3.8, 4) is 11.1 Å². The molecule has 3 aliphatic rings. The van der Waals surface area contributed by atoms with Crippen LogP contribution in [-0.4, -0.2) is 57.2 Å². The molecule has 0 unspecified atom stereocenters. The lowest BCUT2D eigenvalue weighted by Crippen LogP contribution is -2.33. The lowest BCUT2D eigenvalue weighted by Gasteiger charge is -2.22. The van der Waals surface area contributed by atoms with Crippen LogP contribution in [0.3, 0.4) is 0 Å². The van der Waals surface area contributed by atoms with Crippen molar-refractivity contribution in [2.24, 2.45) is 0 Å². The van der Waals surface area contributed by atoms with E-state index in [2.05, 4.69) is 23.8 Å². The predicted molar refractivity (Wildman–Crippen MR) is 211 cm³/mol. The number of aromatic nitrogens is 2. The van der Waals surface area contributed by atoms with Crippen molar-refractivity contribution < 1.29 is 24.0 Å². The van der Waals surface area contributed by atoms with E-state index in [9.17, 15) is 28.8 Å². The van der Waals surface area contributed by atoms with Gasteiger partial charge in [0.05, 0.1) is 27.7 Å². The van der Waals surface area contributed by atoms with Crippen LogP contribution in [-0.2, 0) is 0 Å². The molecule has 274 valence electrons. The van der Waals surface area contributed by atoms with Gasteiger partial charge in [0.1, 0.15) is 11.7 Å². The Labute approximate surface area is 317 Å². The first-order valence-electron chi connectivity index (χ1n) is 18.7. The second kappa shape index (κ2) is 14.4. The average Bonchev–Trinajstić information content (AvgIpc) is 3.89. The molecule has 5 aromatic rings. The molecule has 0 radical (unpaired) electrons. The maximum Gasteiger partial charge on any atom is 0.266 e. The molecule has 1 N–H and O–H groups in total. The lowest BCUT2D eigenvalue weighted by atomic mass is 9.96. The molecule has 2 aliphatic carbocycles. The number of carbonyl (C=O) groups is 5. The van der Waals surface area contributed by atoms with Crippen LogP contribution >= 0.6 is 0 Å². The molecule has 55 heavy (non-hydrogen) atoms. The molecule has 2 heterocycles. The summed E-state index contributed by atoms with van der Waals surface area (Å²) in [6.07, 6.45) is 10.1. The van der Waals surface area contributed by atoms with Crippen LogP contribution in [0.25, 0.3) is 27.6 Å². The van der Waals surface area contributed by atoms with Gasteiger partial charge in [-0.1, -0.05) is 81.3 Å². The molecule has 3 amide bonds. The minimum atomic E-state index is -1.49. The van der Waals surface area contributed by atoms with E-state index in [4.69, 9.17) is 0 Å². The van der Waals surface area contributed by atoms with Crippen LogP contribution < -0.4 is 10.5 Å². The molecule has 0 saturated carbocycles. The van der Waals surface area contributed by atoms with E-state index in [1.807, 2.05) is 60.7 Å². The fraction of sp³-hybridized carbons (Fsp3) is 0.222. The fourth-order valence-electron chi connectivity index (χ4n) is 7.66. The summed E-state index contributed by atoms with van der Waals surface area (Å²) in [4.78, 5) is 93.1. The van der Waals surface area contributed by atoms with Crippen LogP contribution in [0.2, 0.25) is 0 Å². The summed E-state index contributed by atoms with van der Waals surface area (Å²) in [5.41, 5.74) is 3.95. The molecule has 1 aliphatic heterocycles. The summed E-state index contributed by atoms with van der Waals surface area (Å²) in [5, 5.41) is 0.208. The molecule has 0 bridgehead atoms. The molecule has 4 aromatic carbocycles. The molecule has 10 nitrogen and oxygen atoms in total. The van der Waals surface area contributed by atoms with Crippen molar-refractivity contribution >= 4 is 51.5 Å². The topological polar surface area (TPSA) is 138 Å². The number of nitrogens with zero attached hydrogens (tertiary/aromatic N) is 3. The number of benzene rings is 4. The van der Waals surface area contributed by atoms with Crippen LogP contribution in [0.5, 0.6) is 0 Å². The molecule has 0 atom stereocenters. The lowest BCUT2D eigenvalue weighted by molar-refractivity contribution is 0.0749. The van der Waals surface area contributed by atoms with E-state index in [0.717, 1.165) is 52.8 Å². The maximum absolute atomic E-state index is 14.1. The number of unbranched alkanes of at least 4 members (excludes halogenated alkanes) is 2. The number of nitrogens with one attached hydrogen (secondary N) is 1. The summed E-state index contributed by atoms with van der Waals surface area (Å²) in [6, 6.07) is 22.7. The highest BCUT2D eigenvalue weighted by molar-refractivity contribution is 6.37. The van der Waals surface area contributed by atoms with Gasteiger partial charge < -0.3 is 9.88 Å². The van der Waals surface area contributed by atoms with Crippen LogP contribution in [0.1, 0.15) is 115 Å². The van der Waals surface area contributed by atoms with Crippen LogP contribution in [0.15, 0.2) is 102 Å². The van der Waals surface area contributed by atoms with Crippen molar-refractivity contribution in [3.63, 3.8) is 0 Å². The maximum atomic E-state index is 14.1. The smallest absolute Gasteiger partial charge is 0.266 e. The largest absolute Gasteiger partial charge is 0.339 e.